The molecule has 2 rings (SSSR count). The van der Waals surface area contributed by atoms with Crippen LogP contribution in [0.1, 0.15) is 25.3 Å². The zero-order valence-electron chi connectivity index (χ0n) is 10.6. The number of nitrogens with two attached hydrogens (primary N) is 1. The molecule has 0 aromatic carbocycles. The van der Waals surface area contributed by atoms with Crippen molar-refractivity contribution in [3.8, 4) is 11.6 Å². The quantitative estimate of drug-likeness (QED) is 0.664. The molecular formula is C12H14BrN5O. The van der Waals surface area contributed by atoms with E-state index in [9.17, 15) is 0 Å². The van der Waals surface area contributed by atoms with Crippen molar-refractivity contribution in [3.05, 3.63) is 34.8 Å². The predicted molar refractivity (Wildman–Crippen MR) is 75.9 cm³/mol. The van der Waals surface area contributed by atoms with Crippen molar-refractivity contribution in [1.82, 2.24) is 15.0 Å². The molecule has 0 bridgehead atoms. The molecule has 19 heavy (non-hydrogen) atoms. The first-order valence-electron chi connectivity index (χ1n) is 5.71. The molecule has 0 spiro atoms. The zero-order chi connectivity index (χ0) is 13.8. The Morgan fingerprint density at radius 2 is 2.11 bits per heavy atom. The number of aromatic nitrogens is 3. The van der Waals surface area contributed by atoms with Crippen LogP contribution in [0.3, 0.4) is 0 Å². The molecule has 0 saturated carbocycles. The minimum absolute atomic E-state index is 0.169. The fourth-order valence-corrected chi connectivity index (χ4v) is 2.00. The van der Waals surface area contributed by atoms with Gasteiger partial charge in [0, 0.05) is 10.7 Å². The Kier molecular flexibility index (Phi) is 4.28. The lowest BCUT2D eigenvalue weighted by Gasteiger charge is -2.15. The number of hydrogen-bond acceptors (Lipinski definition) is 6. The number of pyridine rings is 1. The van der Waals surface area contributed by atoms with Gasteiger partial charge in [0.15, 0.2) is 5.82 Å². The summed E-state index contributed by atoms with van der Waals surface area (Å²) in [4.78, 5) is 12.3. The second-order valence-electron chi connectivity index (χ2n) is 4.18. The van der Waals surface area contributed by atoms with Crippen molar-refractivity contribution < 1.29 is 4.74 Å². The maximum atomic E-state index is 5.75. The minimum Gasteiger partial charge on any atom is -0.437 e. The van der Waals surface area contributed by atoms with Crippen molar-refractivity contribution in [1.29, 1.82) is 0 Å². The van der Waals surface area contributed by atoms with Crippen LogP contribution in [0.5, 0.6) is 11.6 Å². The number of halogens is 1. The van der Waals surface area contributed by atoms with Gasteiger partial charge in [-0.25, -0.2) is 15.8 Å². The molecular weight excluding hydrogens is 310 g/mol. The molecule has 0 atom stereocenters. The van der Waals surface area contributed by atoms with Crippen molar-refractivity contribution >= 4 is 21.7 Å². The lowest BCUT2D eigenvalue weighted by atomic mass is 10.1. The van der Waals surface area contributed by atoms with Gasteiger partial charge in [-0.2, -0.15) is 0 Å². The van der Waals surface area contributed by atoms with E-state index in [-0.39, 0.29) is 5.92 Å². The summed E-state index contributed by atoms with van der Waals surface area (Å²) in [7, 11) is 0. The fourth-order valence-electron chi connectivity index (χ4n) is 1.66. The number of anilines is 1. The fraction of sp³-hybridized carbons (Fsp3) is 0.250. The molecule has 100 valence electrons. The molecule has 3 N–H and O–H groups in total. The number of hydrogen-bond donors (Lipinski definition) is 2. The highest BCUT2D eigenvalue weighted by Gasteiger charge is 2.16. The van der Waals surface area contributed by atoms with Crippen molar-refractivity contribution in [3.63, 3.8) is 0 Å². The summed E-state index contributed by atoms with van der Waals surface area (Å²) >= 11 is 3.34. The highest BCUT2D eigenvalue weighted by Crippen LogP contribution is 2.32. The molecule has 0 aliphatic carbocycles. The van der Waals surface area contributed by atoms with E-state index in [2.05, 4.69) is 36.3 Å². The van der Waals surface area contributed by atoms with Crippen molar-refractivity contribution in [2.75, 3.05) is 5.43 Å². The summed E-state index contributed by atoms with van der Waals surface area (Å²) < 4.78 is 6.59. The Morgan fingerprint density at radius 1 is 1.32 bits per heavy atom. The molecule has 0 unspecified atom stereocenters. The average Bonchev–Trinajstić information content (AvgIpc) is 2.38. The molecule has 6 nitrogen and oxygen atoms in total. The molecule has 0 saturated heterocycles. The molecule has 0 amide bonds. The predicted octanol–water partition coefficient (Wildman–Crippen LogP) is 2.84. The summed E-state index contributed by atoms with van der Waals surface area (Å²) in [6.45, 7) is 4.04. The zero-order valence-corrected chi connectivity index (χ0v) is 12.2. The highest BCUT2D eigenvalue weighted by atomic mass is 79.9. The second-order valence-corrected chi connectivity index (χ2v) is 5.10. The van der Waals surface area contributed by atoms with Crippen LogP contribution in [0.15, 0.2) is 29.3 Å². The first-order valence-corrected chi connectivity index (χ1v) is 6.51. The van der Waals surface area contributed by atoms with Gasteiger partial charge in [0.05, 0.1) is 11.8 Å². The SMILES string of the molecule is CC(C)c1c(NN)ncnc1Oc1cncc(Br)c1. The number of nitrogens with zero attached hydrogens (tertiary/aromatic N) is 3. The van der Waals surface area contributed by atoms with E-state index < -0.39 is 0 Å². The lowest BCUT2D eigenvalue weighted by molar-refractivity contribution is 0.449. The van der Waals surface area contributed by atoms with Gasteiger partial charge in [-0.15, -0.1) is 0 Å². The maximum Gasteiger partial charge on any atom is 0.228 e. The van der Waals surface area contributed by atoms with Crippen molar-refractivity contribution in [2.45, 2.75) is 19.8 Å². The first kappa shape index (κ1) is 13.7. The van der Waals surface area contributed by atoms with Crippen molar-refractivity contribution in [2.24, 2.45) is 5.84 Å². The van der Waals surface area contributed by atoms with E-state index in [0.29, 0.717) is 17.4 Å². The third-order valence-electron chi connectivity index (χ3n) is 2.46. The number of ether oxygens (including phenoxy) is 1. The van der Waals surface area contributed by atoms with Gasteiger partial charge in [-0.3, -0.25) is 4.98 Å². The van der Waals surface area contributed by atoms with Crippen LogP contribution in [0.25, 0.3) is 0 Å². The van der Waals surface area contributed by atoms with Gasteiger partial charge >= 0.3 is 0 Å². The van der Waals surface area contributed by atoms with Gasteiger partial charge in [-0.05, 0) is 27.9 Å². The first-order chi connectivity index (χ1) is 9.11. The summed E-state index contributed by atoms with van der Waals surface area (Å²) in [6.07, 6.45) is 4.71. The molecule has 7 heteroatoms. The Hall–Kier alpha value is -1.73. The Labute approximate surface area is 119 Å². The van der Waals surface area contributed by atoms with Gasteiger partial charge in [0.2, 0.25) is 5.88 Å². The monoisotopic (exact) mass is 323 g/mol. The Balaban J connectivity index is 2.39. The standard InChI is InChI=1S/C12H14BrN5O/c1-7(2)10-11(18-14)16-6-17-12(10)19-9-3-8(13)4-15-5-9/h3-7H,14H2,1-2H3,(H,16,17,18). The summed E-state index contributed by atoms with van der Waals surface area (Å²) in [5, 5.41) is 0. The molecule has 0 fully saturated rings. The summed E-state index contributed by atoms with van der Waals surface area (Å²) in [5.41, 5.74) is 3.38. The smallest absolute Gasteiger partial charge is 0.228 e. The minimum atomic E-state index is 0.169. The molecule has 2 aromatic heterocycles. The van der Waals surface area contributed by atoms with Gasteiger partial charge in [0.1, 0.15) is 12.1 Å². The molecule has 0 radical (unpaired) electrons. The molecule has 0 aliphatic rings. The van der Waals surface area contributed by atoms with E-state index in [4.69, 9.17) is 10.6 Å². The number of nitrogens with one attached hydrogen (secondary N) is 1. The van der Waals surface area contributed by atoms with Gasteiger partial charge < -0.3 is 10.2 Å². The number of nitrogen functional groups attached to an aromatic ring is 1. The van der Waals surface area contributed by atoms with E-state index in [1.54, 1.807) is 12.4 Å². The third-order valence-corrected chi connectivity index (χ3v) is 2.89. The van der Waals surface area contributed by atoms with E-state index >= 15 is 0 Å². The Bertz CT molecular complexity index is 576. The normalized spacial score (nSPS) is 10.6. The summed E-state index contributed by atoms with van der Waals surface area (Å²) in [6, 6.07) is 1.81. The van der Waals surface area contributed by atoms with Crippen LogP contribution in [-0.4, -0.2) is 15.0 Å². The van der Waals surface area contributed by atoms with Crippen LogP contribution >= 0.6 is 15.9 Å². The number of hydrazine groups is 1. The molecule has 2 aromatic rings. The van der Waals surface area contributed by atoms with E-state index in [0.717, 1.165) is 10.0 Å². The Morgan fingerprint density at radius 3 is 2.74 bits per heavy atom. The largest absolute Gasteiger partial charge is 0.437 e. The molecule has 0 aliphatic heterocycles. The van der Waals surface area contributed by atoms with E-state index in [1.807, 2.05) is 19.9 Å². The second kappa shape index (κ2) is 5.94. The maximum absolute atomic E-state index is 5.75. The van der Waals surface area contributed by atoms with Gasteiger partial charge in [0.25, 0.3) is 0 Å². The van der Waals surface area contributed by atoms with Crippen LogP contribution in [0.4, 0.5) is 5.82 Å². The molecule has 2 heterocycles. The topological polar surface area (TPSA) is 86.0 Å². The number of rotatable bonds is 4. The third kappa shape index (κ3) is 3.18. The summed E-state index contributed by atoms with van der Waals surface area (Å²) in [5.74, 6) is 7.25. The average molecular weight is 324 g/mol. The van der Waals surface area contributed by atoms with Crippen LogP contribution in [0, 0.1) is 0 Å². The van der Waals surface area contributed by atoms with Crippen LogP contribution in [-0.2, 0) is 0 Å². The lowest BCUT2D eigenvalue weighted by Crippen LogP contribution is -2.13. The van der Waals surface area contributed by atoms with E-state index in [1.165, 1.54) is 6.33 Å². The van der Waals surface area contributed by atoms with Crippen LogP contribution < -0.4 is 16.0 Å². The van der Waals surface area contributed by atoms with Gasteiger partial charge in [-0.1, -0.05) is 13.8 Å². The highest BCUT2D eigenvalue weighted by molar-refractivity contribution is 9.10. The van der Waals surface area contributed by atoms with Crippen LogP contribution in [0.2, 0.25) is 0 Å².